The van der Waals surface area contributed by atoms with Gasteiger partial charge in [0.1, 0.15) is 0 Å². The third-order valence-corrected chi connectivity index (χ3v) is 8.03. The maximum Gasteiger partial charge on any atom is 0.0547 e. The van der Waals surface area contributed by atoms with Crippen LogP contribution in [0.25, 0.3) is 66.1 Å². The number of para-hydroxylation sites is 3. The predicted octanol–water partition coefficient (Wildman–Crippen LogP) is 9.86. The van der Waals surface area contributed by atoms with Gasteiger partial charge in [-0.15, -0.1) is 0 Å². The van der Waals surface area contributed by atoms with Crippen LogP contribution in [0.5, 0.6) is 0 Å². The lowest BCUT2D eigenvalue weighted by atomic mass is 10.0. The average Bonchev–Trinajstić information content (AvgIpc) is 3.51. The molecule has 0 unspecified atom stereocenters. The van der Waals surface area contributed by atoms with E-state index in [4.69, 9.17) is 0 Å². The Balaban J connectivity index is 1.36. The van der Waals surface area contributed by atoms with Crippen LogP contribution >= 0.6 is 0 Å². The highest BCUT2D eigenvalue weighted by Gasteiger charge is 2.15. The minimum absolute atomic E-state index is 1.17. The summed E-state index contributed by atoms with van der Waals surface area (Å²) in [6, 6.07) is 50.5. The summed E-state index contributed by atoms with van der Waals surface area (Å²) >= 11 is 0. The molecule has 0 atom stereocenters. The number of benzene rings is 6. The van der Waals surface area contributed by atoms with Crippen LogP contribution in [0.1, 0.15) is 5.56 Å². The molecule has 2 heteroatoms. The summed E-state index contributed by atoms with van der Waals surface area (Å²) in [6.07, 6.45) is 0. The maximum atomic E-state index is 2.40. The molecule has 2 heterocycles. The Kier molecular flexibility index (Phi) is 4.77. The van der Waals surface area contributed by atoms with Crippen molar-refractivity contribution in [3.05, 3.63) is 145 Å². The second kappa shape index (κ2) is 8.47. The van der Waals surface area contributed by atoms with Crippen molar-refractivity contribution in [3.63, 3.8) is 0 Å². The molecule has 0 aliphatic carbocycles. The van der Waals surface area contributed by atoms with Crippen molar-refractivity contribution in [1.82, 2.24) is 9.13 Å². The molecule has 2 aromatic heterocycles. The first kappa shape index (κ1) is 22.0. The monoisotopic (exact) mass is 498 g/mol. The van der Waals surface area contributed by atoms with Gasteiger partial charge in [-0.05, 0) is 72.1 Å². The van der Waals surface area contributed by atoms with Gasteiger partial charge in [0.15, 0.2) is 0 Å². The molecule has 0 N–H and O–H groups in total. The summed E-state index contributed by atoms with van der Waals surface area (Å²) in [6.45, 7) is 2.20. The first-order valence-electron chi connectivity index (χ1n) is 13.5. The molecule has 0 saturated heterocycles. The Morgan fingerprint density at radius 1 is 0.385 bits per heavy atom. The van der Waals surface area contributed by atoms with E-state index in [1.54, 1.807) is 0 Å². The lowest BCUT2D eigenvalue weighted by molar-refractivity contribution is 1.18. The average molecular weight is 499 g/mol. The first-order chi connectivity index (χ1) is 19.3. The second-order valence-electron chi connectivity index (χ2n) is 10.3. The molecule has 184 valence electrons. The van der Waals surface area contributed by atoms with E-state index in [1.807, 2.05) is 0 Å². The van der Waals surface area contributed by atoms with Crippen LogP contribution in [0.2, 0.25) is 0 Å². The van der Waals surface area contributed by atoms with E-state index < -0.39 is 0 Å². The summed E-state index contributed by atoms with van der Waals surface area (Å²) in [5.41, 5.74) is 11.0. The van der Waals surface area contributed by atoms with Gasteiger partial charge in [-0.1, -0.05) is 91.0 Å². The molecule has 6 aromatic carbocycles. The van der Waals surface area contributed by atoms with Crippen molar-refractivity contribution in [2.24, 2.45) is 0 Å². The van der Waals surface area contributed by atoms with Gasteiger partial charge in [0.05, 0.1) is 22.1 Å². The van der Waals surface area contributed by atoms with Gasteiger partial charge >= 0.3 is 0 Å². The molecule has 0 bridgehead atoms. The lowest BCUT2D eigenvalue weighted by Crippen LogP contribution is -1.95. The minimum atomic E-state index is 1.17. The molecule has 8 aromatic rings. The molecular weight excluding hydrogens is 472 g/mol. The number of rotatable bonds is 3. The van der Waals surface area contributed by atoms with Crippen molar-refractivity contribution in [3.8, 4) is 22.5 Å². The van der Waals surface area contributed by atoms with Gasteiger partial charge < -0.3 is 9.13 Å². The number of hydrogen-bond donors (Lipinski definition) is 0. The summed E-state index contributed by atoms with van der Waals surface area (Å²) < 4.78 is 4.79. The summed E-state index contributed by atoms with van der Waals surface area (Å²) in [4.78, 5) is 0. The minimum Gasteiger partial charge on any atom is -0.309 e. The number of hydrogen-bond acceptors (Lipinski definition) is 0. The fraction of sp³-hybridized carbons (Fsp3) is 0.0270. The third kappa shape index (κ3) is 3.28. The number of nitrogens with zero attached hydrogens (tertiary/aromatic N) is 2. The summed E-state index contributed by atoms with van der Waals surface area (Å²) in [7, 11) is 0. The summed E-state index contributed by atoms with van der Waals surface area (Å²) in [5, 5.41) is 5.17. The maximum absolute atomic E-state index is 2.40. The summed E-state index contributed by atoms with van der Waals surface area (Å²) in [5.74, 6) is 0. The smallest absolute Gasteiger partial charge is 0.0547 e. The van der Waals surface area contributed by atoms with Crippen molar-refractivity contribution < 1.29 is 0 Å². The Labute approximate surface area is 227 Å². The Bertz CT molecular complexity index is 2180. The zero-order valence-corrected chi connectivity index (χ0v) is 21.7. The van der Waals surface area contributed by atoms with E-state index in [0.29, 0.717) is 0 Å². The molecule has 0 saturated carbocycles. The normalized spacial score (nSPS) is 11.7. The van der Waals surface area contributed by atoms with E-state index in [1.165, 1.54) is 71.7 Å². The molecular formula is C37H26N2. The highest BCUT2D eigenvalue weighted by Crippen LogP contribution is 2.37. The fourth-order valence-corrected chi connectivity index (χ4v) is 6.31. The van der Waals surface area contributed by atoms with E-state index in [9.17, 15) is 0 Å². The van der Waals surface area contributed by atoms with Crippen LogP contribution in [0.15, 0.2) is 140 Å². The van der Waals surface area contributed by atoms with E-state index >= 15 is 0 Å². The largest absolute Gasteiger partial charge is 0.309 e. The van der Waals surface area contributed by atoms with Crippen molar-refractivity contribution in [2.45, 2.75) is 6.92 Å². The fourth-order valence-electron chi connectivity index (χ4n) is 6.31. The van der Waals surface area contributed by atoms with Crippen LogP contribution in [0.4, 0.5) is 0 Å². The SMILES string of the molecule is Cc1cccc2c1c1ccccc1n2-c1cccc(-c2ccc3c4ccccc4n(-c4ccccc4)c3c2)c1. The third-order valence-electron chi connectivity index (χ3n) is 8.03. The molecule has 8 rings (SSSR count). The molecule has 0 aliphatic rings. The Hall–Kier alpha value is -5.08. The molecule has 0 amide bonds. The van der Waals surface area contributed by atoms with Crippen molar-refractivity contribution in [2.75, 3.05) is 0 Å². The van der Waals surface area contributed by atoms with Crippen molar-refractivity contribution in [1.29, 1.82) is 0 Å². The first-order valence-corrected chi connectivity index (χ1v) is 13.5. The van der Waals surface area contributed by atoms with Gasteiger partial charge in [0.2, 0.25) is 0 Å². The van der Waals surface area contributed by atoms with E-state index in [0.717, 1.165) is 0 Å². The standard InChI is InChI=1S/C37H26N2/c1-25-11-9-20-35-37(25)32-17-6-8-19-34(32)39(35)29-15-10-12-26(23-29)27-21-22-31-30-16-5-7-18-33(30)38(36(31)24-27)28-13-3-2-4-14-28/h2-24H,1H3. The zero-order chi connectivity index (χ0) is 25.9. The van der Waals surface area contributed by atoms with E-state index in [-0.39, 0.29) is 0 Å². The van der Waals surface area contributed by atoms with E-state index in [2.05, 4.69) is 156 Å². The second-order valence-corrected chi connectivity index (χ2v) is 10.3. The van der Waals surface area contributed by atoms with Crippen molar-refractivity contribution >= 4 is 43.6 Å². The predicted molar refractivity (Wildman–Crippen MR) is 165 cm³/mol. The highest BCUT2D eigenvalue weighted by atomic mass is 15.0. The zero-order valence-electron chi connectivity index (χ0n) is 21.7. The van der Waals surface area contributed by atoms with Gasteiger partial charge in [0.25, 0.3) is 0 Å². The number of aromatic nitrogens is 2. The van der Waals surface area contributed by atoms with Gasteiger partial charge in [-0.2, -0.15) is 0 Å². The molecule has 2 nitrogen and oxygen atoms in total. The van der Waals surface area contributed by atoms with Crippen LogP contribution < -0.4 is 0 Å². The Morgan fingerprint density at radius 2 is 0.974 bits per heavy atom. The molecule has 0 spiro atoms. The Morgan fingerprint density at radius 3 is 1.82 bits per heavy atom. The van der Waals surface area contributed by atoms with Crippen LogP contribution in [-0.2, 0) is 0 Å². The molecule has 39 heavy (non-hydrogen) atoms. The van der Waals surface area contributed by atoms with Gasteiger partial charge in [-0.25, -0.2) is 0 Å². The van der Waals surface area contributed by atoms with Gasteiger partial charge in [-0.3, -0.25) is 0 Å². The number of aryl methyl sites for hydroxylation is 1. The quantitative estimate of drug-likeness (QED) is 0.229. The lowest BCUT2D eigenvalue weighted by Gasteiger charge is -2.12. The molecule has 0 fully saturated rings. The van der Waals surface area contributed by atoms with Crippen LogP contribution in [0, 0.1) is 6.92 Å². The van der Waals surface area contributed by atoms with Crippen LogP contribution in [0.3, 0.4) is 0 Å². The number of fused-ring (bicyclic) bond motifs is 6. The molecule has 0 aliphatic heterocycles. The van der Waals surface area contributed by atoms with Crippen LogP contribution in [-0.4, -0.2) is 9.13 Å². The topological polar surface area (TPSA) is 9.86 Å². The highest BCUT2D eigenvalue weighted by molar-refractivity contribution is 6.11. The van der Waals surface area contributed by atoms with Gasteiger partial charge in [0, 0.05) is 32.9 Å². The molecule has 0 radical (unpaired) electrons.